The number of ether oxygens (including phenoxy) is 2. The molecule has 1 aromatic carbocycles. The average Bonchev–Trinajstić information content (AvgIpc) is 2.96. The van der Waals surface area contributed by atoms with Crippen LogP contribution in [0.1, 0.15) is 45.2 Å². The van der Waals surface area contributed by atoms with E-state index in [0.717, 1.165) is 30.8 Å². The largest absolute Gasteiger partial charge is 0.494 e. The Hall–Kier alpha value is -1.82. The number of amides is 1. The molecule has 1 heterocycles. The molecule has 1 aromatic rings. The predicted molar refractivity (Wildman–Crippen MR) is 99.9 cm³/mol. The van der Waals surface area contributed by atoms with Crippen molar-refractivity contribution in [1.29, 1.82) is 0 Å². The number of nitrogens with one attached hydrogen (secondary N) is 1. The van der Waals surface area contributed by atoms with E-state index in [0.29, 0.717) is 31.2 Å². The van der Waals surface area contributed by atoms with Crippen LogP contribution in [0.25, 0.3) is 0 Å². The van der Waals surface area contributed by atoms with Crippen LogP contribution in [-0.4, -0.2) is 42.8 Å². The SMILES string of the molecule is CCOc1cc(C)c(F)cc1CN1CCC(CNC(=O)OC(C)(C)C)C1. The molecule has 146 valence electrons. The van der Waals surface area contributed by atoms with Gasteiger partial charge in [-0.25, -0.2) is 9.18 Å². The Morgan fingerprint density at radius 2 is 2.12 bits per heavy atom. The van der Waals surface area contributed by atoms with Gasteiger partial charge in [0.25, 0.3) is 0 Å². The number of nitrogens with zero attached hydrogens (tertiary/aromatic N) is 1. The first-order valence-electron chi connectivity index (χ1n) is 9.29. The van der Waals surface area contributed by atoms with Gasteiger partial charge in [0.05, 0.1) is 6.61 Å². The van der Waals surface area contributed by atoms with Crippen LogP contribution in [0.2, 0.25) is 0 Å². The molecule has 1 saturated heterocycles. The molecule has 0 radical (unpaired) electrons. The number of alkyl carbamates (subject to hydrolysis) is 1. The summed E-state index contributed by atoms with van der Waals surface area (Å²) in [7, 11) is 0. The van der Waals surface area contributed by atoms with Crippen molar-refractivity contribution >= 4 is 6.09 Å². The molecule has 0 spiro atoms. The minimum atomic E-state index is -0.489. The van der Waals surface area contributed by atoms with Crippen LogP contribution < -0.4 is 10.1 Å². The van der Waals surface area contributed by atoms with Crippen LogP contribution >= 0.6 is 0 Å². The molecule has 1 fully saturated rings. The van der Waals surface area contributed by atoms with Gasteiger partial charge in [0, 0.05) is 25.2 Å². The second kappa shape index (κ2) is 8.71. The van der Waals surface area contributed by atoms with E-state index in [9.17, 15) is 9.18 Å². The molecule has 1 atom stereocenters. The van der Waals surface area contributed by atoms with Crippen LogP contribution in [0.4, 0.5) is 9.18 Å². The Kier molecular flexibility index (Phi) is 6.87. The molecule has 26 heavy (non-hydrogen) atoms. The molecule has 6 heteroatoms. The molecule has 1 aliphatic rings. The van der Waals surface area contributed by atoms with Crippen molar-refractivity contribution in [2.45, 2.75) is 53.2 Å². The van der Waals surface area contributed by atoms with Crippen molar-refractivity contribution in [3.63, 3.8) is 0 Å². The summed E-state index contributed by atoms with van der Waals surface area (Å²) < 4.78 is 24.9. The summed E-state index contributed by atoms with van der Waals surface area (Å²) >= 11 is 0. The van der Waals surface area contributed by atoms with Crippen molar-refractivity contribution in [1.82, 2.24) is 10.2 Å². The van der Waals surface area contributed by atoms with Gasteiger partial charge in [0.2, 0.25) is 0 Å². The van der Waals surface area contributed by atoms with Crippen molar-refractivity contribution in [3.05, 3.63) is 29.1 Å². The van der Waals surface area contributed by atoms with Crippen molar-refractivity contribution in [2.24, 2.45) is 5.92 Å². The first-order valence-corrected chi connectivity index (χ1v) is 9.29. The summed E-state index contributed by atoms with van der Waals surface area (Å²) in [6.07, 6.45) is 0.615. The summed E-state index contributed by atoms with van der Waals surface area (Å²) in [4.78, 5) is 14.0. The summed E-state index contributed by atoms with van der Waals surface area (Å²) in [5.41, 5.74) is 0.977. The zero-order chi connectivity index (χ0) is 19.3. The van der Waals surface area contributed by atoms with Gasteiger partial charge in [-0.05, 0) is 71.2 Å². The van der Waals surface area contributed by atoms with Crippen molar-refractivity contribution < 1.29 is 18.7 Å². The Bertz CT molecular complexity index is 628. The van der Waals surface area contributed by atoms with E-state index in [1.54, 1.807) is 19.1 Å². The lowest BCUT2D eigenvalue weighted by Gasteiger charge is -2.21. The lowest BCUT2D eigenvalue weighted by Crippen LogP contribution is -2.36. The van der Waals surface area contributed by atoms with Crippen LogP contribution in [-0.2, 0) is 11.3 Å². The van der Waals surface area contributed by atoms with Crippen LogP contribution in [0.5, 0.6) is 5.75 Å². The predicted octanol–water partition coefficient (Wildman–Crippen LogP) is 3.88. The highest BCUT2D eigenvalue weighted by molar-refractivity contribution is 5.67. The van der Waals surface area contributed by atoms with Gasteiger partial charge in [0.1, 0.15) is 17.2 Å². The summed E-state index contributed by atoms with van der Waals surface area (Å²) in [5, 5.41) is 2.84. The van der Waals surface area contributed by atoms with Crippen LogP contribution in [0.15, 0.2) is 12.1 Å². The quantitative estimate of drug-likeness (QED) is 0.830. The molecule has 1 unspecified atom stereocenters. The fourth-order valence-electron chi connectivity index (χ4n) is 3.12. The van der Waals surface area contributed by atoms with Crippen molar-refractivity contribution in [2.75, 3.05) is 26.2 Å². The number of hydrogen-bond acceptors (Lipinski definition) is 4. The van der Waals surface area contributed by atoms with Crippen LogP contribution in [0, 0.1) is 18.7 Å². The van der Waals surface area contributed by atoms with E-state index in [-0.39, 0.29) is 11.9 Å². The lowest BCUT2D eigenvalue weighted by atomic mass is 10.1. The Morgan fingerprint density at radius 3 is 2.77 bits per heavy atom. The van der Waals surface area contributed by atoms with Crippen molar-refractivity contribution in [3.8, 4) is 5.75 Å². The summed E-state index contributed by atoms with van der Waals surface area (Å²) in [5.74, 6) is 0.917. The summed E-state index contributed by atoms with van der Waals surface area (Å²) in [6, 6.07) is 3.35. The van der Waals surface area contributed by atoms with Gasteiger partial charge < -0.3 is 14.8 Å². The first-order chi connectivity index (χ1) is 12.2. The molecule has 0 aromatic heterocycles. The molecular weight excluding hydrogens is 335 g/mol. The number of carbonyl (C=O) groups is 1. The smallest absolute Gasteiger partial charge is 0.407 e. The monoisotopic (exact) mass is 366 g/mol. The van der Waals surface area contributed by atoms with Crippen LogP contribution in [0.3, 0.4) is 0 Å². The second-order valence-electron chi connectivity index (χ2n) is 7.91. The molecule has 2 rings (SSSR count). The normalized spacial score (nSPS) is 18.0. The van der Waals surface area contributed by atoms with E-state index in [2.05, 4.69) is 10.2 Å². The standard InChI is InChI=1S/C20H31FN2O3/c1-6-25-18-9-14(2)17(21)10-16(18)13-23-8-7-15(12-23)11-22-19(24)26-20(3,4)5/h9-10,15H,6-8,11-13H2,1-5H3,(H,22,24). The maximum atomic E-state index is 14.0. The zero-order valence-corrected chi connectivity index (χ0v) is 16.5. The molecule has 0 saturated carbocycles. The number of halogens is 1. The highest BCUT2D eigenvalue weighted by atomic mass is 19.1. The lowest BCUT2D eigenvalue weighted by molar-refractivity contribution is 0.0519. The molecule has 5 nitrogen and oxygen atoms in total. The molecule has 0 bridgehead atoms. The van der Waals surface area contributed by atoms with Gasteiger partial charge in [0.15, 0.2) is 0 Å². The molecule has 0 aliphatic carbocycles. The third-order valence-corrected chi connectivity index (χ3v) is 4.34. The van der Waals surface area contributed by atoms with Gasteiger partial charge in [-0.3, -0.25) is 4.90 Å². The number of hydrogen-bond donors (Lipinski definition) is 1. The van der Waals surface area contributed by atoms with E-state index >= 15 is 0 Å². The number of likely N-dealkylation sites (tertiary alicyclic amines) is 1. The Balaban J connectivity index is 1.88. The van der Waals surface area contributed by atoms with E-state index < -0.39 is 5.60 Å². The maximum absolute atomic E-state index is 14.0. The zero-order valence-electron chi connectivity index (χ0n) is 16.5. The highest BCUT2D eigenvalue weighted by Gasteiger charge is 2.25. The Morgan fingerprint density at radius 1 is 1.38 bits per heavy atom. The van der Waals surface area contributed by atoms with Gasteiger partial charge in [-0.15, -0.1) is 0 Å². The fraction of sp³-hybridized carbons (Fsp3) is 0.650. The first kappa shape index (κ1) is 20.5. The van der Waals surface area contributed by atoms with Gasteiger partial charge >= 0.3 is 6.09 Å². The minimum Gasteiger partial charge on any atom is -0.494 e. The van der Waals surface area contributed by atoms with E-state index in [1.165, 1.54) is 0 Å². The fourth-order valence-corrected chi connectivity index (χ4v) is 3.12. The van der Waals surface area contributed by atoms with E-state index in [1.807, 2.05) is 27.7 Å². The van der Waals surface area contributed by atoms with E-state index in [4.69, 9.17) is 9.47 Å². The number of aryl methyl sites for hydroxylation is 1. The third kappa shape index (κ3) is 6.16. The molecule has 1 aliphatic heterocycles. The minimum absolute atomic E-state index is 0.203. The molecular formula is C20H31FN2O3. The summed E-state index contributed by atoms with van der Waals surface area (Å²) in [6.45, 7) is 12.8. The molecule has 1 N–H and O–H groups in total. The van der Waals surface area contributed by atoms with Gasteiger partial charge in [-0.1, -0.05) is 0 Å². The number of benzene rings is 1. The highest BCUT2D eigenvalue weighted by Crippen LogP contribution is 2.27. The maximum Gasteiger partial charge on any atom is 0.407 e. The second-order valence-corrected chi connectivity index (χ2v) is 7.91. The average molecular weight is 366 g/mol. The molecule has 1 amide bonds. The number of rotatable bonds is 6. The van der Waals surface area contributed by atoms with Gasteiger partial charge in [-0.2, -0.15) is 0 Å². The third-order valence-electron chi connectivity index (χ3n) is 4.34. The topological polar surface area (TPSA) is 50.8 Å². The Labute approximate surface area is 155 Å². The number of carbonyl (C=O) groups excluding carboxylic acids is 1.